The van der Waals surface area contributed by atoms with Crippen LogP contribution >= 0.6 is 23.2 Å². The zero-order chi connectivity index (χ0) is 15.0. The number of nitrogens with zero attached hydrogens (tertiary/aromatic N) is 1. The lowest BCUT2D eigenvalue weighted by atomic mass is 10.1. The summed E-state index contributed by atoms with van der Waals surface area (Å²) in [5.74, 6) is 0. The second-order valence-electron chi connectivity index (χ2n) is 4.81. The largest absolute Gasteiger partial charge is 0.399 e. The smallest absolute Gasteiger partial charge is 0.0763 e. The van der Waals surface area contributed by atoms with E-state index in [1.54, 1.807) is 12.1 Å². The van der Waals surface area contributed by atoms with Crippen LogP contribution in [0.4, 0.5) is 17.1 Å². The van der Waals surface area contributed by atoms with Crippen LogP contribution < -0.4 is 11.1 Å². The molecule has 0 radical (unpaired) electrons. The van der Waals surface area contributed by atoms with Gasteiger partial charge in [-0.1, -0.05) is 29.3 Å². The lowest BCUT2D eigenvalue weighted by Gasteiger charge is -2.13. The molecule has 0 unspecified atom stereocenters. The summed E-state index contributed by atoms with van der Waals surface area (Å²) in [5, 5.41) is 5.35. The number of halogens is 2. The summed E-state index contributed by atoms with van der Waals surface area (Å²) in [6.07, 6.45) is 0. The molecule has 0 bridgehead atoms. The standard InChI is InChI=1S/C16H13Cl2N3/c1-9-7-15(11-8-10(19)5-6-14(11)20-9)21-16-12(17)3-2-4-13(16)18/h2-8H,19H2,1H3,(H,20,21). The van der Waals surface area contributed by atoms with Gasteiger partial charge in [0, 0.05) is 22.5 Å². The number of hydrogen-bond donors (Lipinski definition) is 2. The second-order valence-corrected chi connectivity index (χ2v) is 5.62. The van der Waals surface area contributed by atoms with Crippen LogP contribution in [0.1, 0.15) is 5.69 Å². The first-order chi connectivity index (χ1) is 10.0. The van der Waals surface area contributed by atoms with Gasteiger partial charge in [-0.15, -0.1) is 0 Å². The molecule has 0 aliphatic rings. The topological polar surface area (TPSA) is 50.9 Å². The van der Waals surface area contributed by atoms with Crippen LogP contribution in [0.5, 0.6) is 0 Å². The van der Waals surface area contributed by atoms with Gasteiger partial charge < -0.3 is 11.1 Å². The Balaban J connectivity index is 2.18. The maximum Gasteiger partial charge on any atom is 0.0763 e. The minimum atomic E-state index is 0.564. The highest BCUT2D eigenvalue weighted by Gasteiger charge is 2.09. The van der Waals surface area contributed by atoms with Crippen molar-refractivity contribution in [3.63, 3.8) is 0 Å². The highest BCUT2D eigenvalue weighted by atomic mass is 35.5. The fraction of sp³-hybridized carbons (Fsp3) is 0.0625. The monoisotopic (exact) mass is 317 g/mol. The third-order valence-electron chi connectivity index (χ3n) is 3.18. The summed E-state index contributed by atoms with van der Waals surface area (Å²) in [6, 6.07) is 13.0. The van der Waals surface area contributed by atoms with E-state index in [4.69, 9.17) is 28.9 Å². The van der Waals surface area contributed by atoms with E-state index in [1.807, 2.05) is 37.3 Å². The van der Waals surface area contributed by atoms with Gasteiger partial charge in [0.25, 0.3) is 0 Å². The molecular formula is C16H13Cl2N3. The molecule has 0 aliphatic heterocycles. The summed E-state index contributed by atoms with van der Waals surface area (Å²) in [6.45, 7) is 1.94. The molecule has 3 aromatic rings. The molecule has 3 N–H and O–H groups in total. The predicted octanol–water partition coefficient (Wildman–Crippen LogP) is 5.18. The van der Waals surface area contributed by atoms with Crippen LogP contribution in [-0.2, 0) is 0 Å². The molecule has 0 saturated carbocycles. The van der Waals surface area contributed by atoms with Crippen molar-refractivity contribution in [1.82, 2.24) is 4.98 Å². The Bertz CT molecular complexity index is 811. The Morgan fingerprint density at radius 2 is 1.76 bits per heavy atom. The average Bonchev–Trinajstić information content (AvgIpc) is 2.43. The number of aromatic nitrogens is 1. The van der Waals surface area contributed by atoms with Crippen molar-refractivity contribution in [1.29, 1.82) is 0 Å². The van der Waals surface area contributed by atoms with Gasteiger partial charge in [0.2, 0.25) is 0 Å². The van der Waals surface area contributed by atoms with Gasteiger partial charge >= 0.3 is 0 Å². The first kappa shape index (κ1) is 14.0. The number of rotatable bonds is 2. The second kappa shape index (κ2) is 5.43. The summed E-state index contributed by atoms with van der Waals surface area (Å²) >= 11 is 12.4. The number of fused-ring (bicyclic) bond motifs is 1. The number of hydrogen-bond acceptors (Lipinski definition) is 3. The van der Waals surface area contributed by atoms with Gasteiger partial charge in [-0.25, -0.2) is 0 Å². The molecule has 21 heavy (non-hydrogen) atoms. The molecule has 0 fully saturated rings. The van der Waals surface area contributed by atoms with E-state index in [1.165, 1.54) is 0 Å². The zero-order valence-corrected chi connectivity index (χ0v) is 12.8. The summed E-state index contributed by atoms with van der Waals surface area (Å²) in [7, 11) is 0. The van der Waals surface area contributed by atoms with Crippen molar-refractivity contribution in [3.05, 3.63) is 58.2 Å². The van der Waals surface area contributed by atoms with Crippen molar-refractivity contribution in [2.24, 2.45) is 0 Å². The first-order valence-corrected chi connectivity index (χ1v) is 7.18. The number of nitrogen functional groups attached to an aromatic ring is 1. The van der Waals surface area contributed by atoms with Crippen molar-refractivity contribution < 1.29 is 0 Å². The molecule has 0 saturated heterocycles. The lowest BCUT2D eigenvalue weighted by molar-refractivity contribution is 1.25. The summed E-state index contributed by atoms with van der Waals surface area (Å²) in [5.41, 5.74) is 9.88. The van der Waals surface area contributed by atoms with E-state index in [9.17, 15) is 0 Å². The maximum atomic E-state index is 6.21. The number of benzene rings is 2. The molecule has 1 heterocycles. The molecule has 3 rings (SSSR count). The van der Waals surface area contributed by atoms with E-state index in [0.717, 1.165) is 22.3 Å². The van der Waals surface area contributed by atoms with Gasteiger partial charge in [-0.2, -0.15) is 0 Å². The van der Waals surface area contributed by atoms with Crippen LogP contribution in [0, 0.1) is 6.92 Å². The molecule has 5 heteroatoms. The molecule has 1 aromatic heterocycles. The molecule has 0 aliphatic carbocycles. The Hall–Kier alpha value is -1.97. The zero-order valence-electron chi connectivity index (χ0n) is 11.3. The highest BCUT2D eigenvalue weighted by Crippen LogP contribution is 2.35. The normalized spacial score (nSPS) is 10.8. The van der Waals surface area contributed by atoms with E-state index >= 15 is 0 Å². The van der Waals surface area contributed by atoms with Crippen LogP contribution in [0.15, 0.2) is 42.5 Å². The van der Waals surface area contributed by atoms with Crippen LogP contribution in [0.3, 0.4) is 0 Å². The SMILES string of the molecule is Cc1cc(Nc2c(Cl)cccc2Cl)c2cc(N)ccc2n1. The Morgan fingerprint density at radius 1 is 1.05 bits per heavy atom. The van der Waals surface area contributed by atoms with Gasteiger partial charge in [0.05, 0.1) is 21.2 Å². The molecule has 0 amide bonds. The number of nitrogens with two attached hydrogens (primary N) is 1. The minimum Gasteiger partial charge on any atom is -0.399 e. The van der Waals surface area contributed by atoms with Crippen molar-refractivity contribution in [3.8, 4) is 0 Å². The van der Waals surface area contributed by atoms with Crippen LogP contribution in [0.2, 0.25) is 10.0 Å². The van der Waals surface area contributed by atoms with E-state index in [0.29, 0.717) is 21.4 Å². The van der Waals surface area contributed by atoms with Crippen LogP contribution in [-0.4, -0.2) is 4.98 Å². The number of para-hydroxylation sites is 1. The number of nitrogens with one attached hydrogen (secondary N) is 1. The maximum absolute atomic E-state index is 6.21. The first-order valence-electron chi connectivity index (χ1n) is 6.42. The van der Waals surface area contributed by atoms with Crippen molar-refractivity contribution in [2.75, 3.05) is 11.1 Å². The molecule has 2 aromatic carbocycles. The molecule has 106 valence electrons. The quantitative estimate of drug-likeness (QED) is 0.640. The average molecular weight is 318 g/mol. The summed E-state index contributed by atoms with van der Waals surface area (Å²) < 4.78 is 0. The van der Waals surface area contributed by atoms with E-state index in [2.05, 4.69) is 10.3 Å². The lowest BCUT2D eigenvalue weighted by Crippen LogP contribution is -1.97. The fourth-order valence-corrected chi connectivity index (χ4v) is 2.72. The highest BCUT2D eigenvalue weighted by molar-refractivity contribution is 6.39. The third kappa shape index (κ3) is 2.75. The number of anilines is 3. The predicted molar refractivity (Wildman–Crippen MR) is 90.6 cm³/mol. The fourth-order valence-electron chi connectivity index (χ4n) is 2.23. The van der Waals surface area contributed by atoms with Gasteiger partial charge in [0.15, 0.2) is 0 Å². The molecular weight excluding hydrogens is 305 g/mol. The minimum absolute atomic E-state index is 0.564. The van der Waals surface area contributed by atoms with Gasteiger partial charge in [-0.05, 0) is 43.3 Å². The molecule has 0 spiro atoms. The third-order valence-corrected chi connectivity index (χ3v) is 3.81. The van der Waals surface area contributed by atoms with Gasteiger partial charge in [-0.3, -0.25) is 4.98 Å². The number of pyridine rings is 1. The molecule has 0 atom stereocenters. The summed E-state index contributed by atoms with van der Waals surface area (Å²) in [4.78, 5) is 4.50. The Labute approximate surface area is 132 Å². The van der Waals surface area contributed by atoms with E-state index < -0.39 is 0 Å². The number of aryl methyl sites for hydroxylation is 1. The van der Waals surface area contributed by atoms with E-state index in [-0.39, 0.29) is 0 Å². The Morgan fingerprint density at radius 3 is 2.48 bits per heavy atom. The van der Waals surface area contributed by atoms with Crippen LogP contribution in [0.25, 0.3) is 10.9 Å². The van der Waals surface area contributed by atoms with Crippen molar-refractivity contribution >= 4 is 51.2 Å². The molecule has 3 nitrogen and oxygen atoms in total. The Kier molecular flexibility index (Phi) is 3.62. The van der Waals surface area contributed by atoms with Crippen molar-refractivity contribution in [2.45, 2.75) is 6.92 Å². The van der Waals surface area contributed by atoms with Gasteiger partial charge in [0.1, 0.15) is 0 Å².